The highest BCUT2D eigenvalue weighted by molar-refractivity contribution is 5.39. The van der Waals surface area contributed by atoms with Crippen molar-refractivity contribution in [1.29, 1.82) is 0 Å². The average molecular weight is 1340 g/mol. The van der Waals surface area contributed by atoms with Crippen LogP contribution in [0.4, 0.5) is 209 Å². The number of hydrogen-bond acceptors (Lipinski definition) is 4. The first-order valence-corrected chi connectivity index (χ1v) is 16.3. The summed E-state index contributed by atoms with van der Waals surface area (Å²) in [6.07, 6.45) is -36.3. The van der Waals surface area contributed by atoms with E-state index in [4.69, 9.17) is 45.7 Å². The number of allylic oxidation sites excluding steroid dienone is 2. The Morgan fingerprint density at radius 3 is 0.800 bits per heavy atom. The minimum Gasteiger partial charge on any atom is -0.350 e. The second kappa shape index (κ2) is 81.2. The van der Waals surface area contributed by atoms with Gasteiger partial charge >= 0.3 is 30.9 Å². The van der Waals surface area contributed by atoms with E-state index in [-0.39, 0.29) is 6.67 Å². The fourth-order valence-electron chi connectivity index (χ4n) is 2.31. The zero-order chi connectivity index (χ0) is 68.8. The van der Waals surface area contributed by atoms with Crippen LogP contribution in [-0.4, -0.2) is 130 Å². The van der Waals surface area contributed by atoms with Gasteiger partial charge in [0.05, 0.1) is 26.9 Å². The number of hydrogen-bond donors (Lipinski definition) is 0. The molecule has 0 bridgehead atoms. The van der Waals surface area contributed by atoms with Crippen molar-refractivity contribution in [3.8, 4) is 0 Å². The van der Waals surface area contributed by atoms with Crippen LogP contribution in [0.15, 0.2) is 36.0 Å². The van der Waals surface area contributed by atoms with Gasteiger partial charge in [-0.3, -0.25) is 13.2 Å². The molecule has 0 rings (SSSR count). The zero-order valence-corrected chi connectivity index (χ0v) is 37.7. The van der Waals surface area contributed by atoms with E-state index in [0.29, 0.717) is 26.6 Å². The van der Waals surface area contributed by atoms with Gasteiger partial charge in [0.25, 0.3) is 18.2 Å². The van der Waals surface area contributed by atoms with Gasteiger partial charge in [-0.05, 0) is 33.0 Å². The number of halogens is 47. The van der Waals surface area contributed by atoms with E-state index in [1.807, 2.05) is 0 Å². The molecule has 0 radical (unpaired) electrons. The Morgan fingerprint density at radius 2 is 0.688 bits per heavy atom. The number of alkyl halides is 28. The summed E-state index contributed by atoms with van der Waals surface area (Å²) in [6.45, 7) is -13.9. The van der Waals surface area contributed by atoms with Crippen LogP contribution in [-0.2, 0) is 19.6 Å². The Kier molecular flexibility index (Phi) is 116. The molecule has 80 heavy (non-hydrogen) atoms. The summed E-state index contributed by atoms with van der Waals surface area (Å²) >= 11 is 0. The Labute approximate surface area is 414 Å². The largest absolute Gasteiger partial charge is 0.421 e. The van der Waals surface area contributed by atoms with Gasteiger partial charge in [-0.15, -0.1) is 0 Å². The lowest BCUT2D eigenvalue weighted by Gasteiger charge is -2.28. The second-order valence-corrected chi connectivity index (χ2v) is 9.40. The third-order valence-corrected chi connectivity index (χ3v) is 4.70. The van der Waals surface area contributed by atoms with Crippen molar-refractivity contribution in [3.63, 3.8) is 0 Å². The smallest absolute Gasteiger partial charge is 0.350 e. The summed E-state index contributed by atoms with van der Waals surface area (Å²) in [6, 6.07) is 0. The van der Waals surface area contributed by atoms with Crippen LogP contribution < -0.4 is 0 Å². The summed E-state index contributed by atoms with van der Waals surface area (Å²) in [7, 11) is 0.500. The lowest BCUT2D eigenvalue weighted by atomic mass is 9.88. The molecule has 0 amide bonds. The lowest BCUT2D eigenvalue weighted by molar-refractivity contribution is -0.208. The van der Waals surface area contributed by atoms with E-state index in [9.17, 15) is 163 Å². The molecule has 0 aliphatic carbocycles. The monoisotopic (exact) mass is 1340 g/mol. The Morgan fingerprint density at radius 1 is 0.438 bits per heavy atom. The molecule has 0 saturated carbocycles. The molecule has 0 fully saturated rings. The van der Waals surface area contributed by atoms with Crippen molar-refractivity contribution < 1.29 is 228 Å². The standard InChI is InChI=1S/C8H2F12.C6H6F8.C5H10F2O.C3H4F4.C2H2F2.3CH2F2O.CH2F2.CH3F.5F2/c9-1-6(14,2(4(10)11)7(15,16)17)3(5(12)13)8(18,19)20;7-1-5(12,2-8)3(9)6(13,14)4(10)11;6-3-1-2-4-8-5-7;4-2-1-3(5,6)7;1-2(3)4;3*2-1-4-3;2-1-3;6*1-2/h1H2;3-4H,1-2H2;1-5H2;1-2H2;4*1H2;1H2;1H3;;;;;. The molecule has 0 heterocycles. The van der Waals surface area contributed by atoms with E-state index in [0.717, 1.165) is 0 Å². The Balaban J connectivity index is -0.0000000477. The van der Waals surface area contributed by atoms with Crippen molar-refractivity contribution in [2.45, 2.75) is 67.6 Å². The molecule has 0 aliphatic rings. The predicted octanol–water partition coefficient (Wildman–Crippen LogP) is 21.1. The molecule has 0 spiro atoms. The second-order valence-electron chi connectivity index (χ2n) is 9.40. The SMILES string of the molecule is C=C(F)F.CF.FCC(F)(C(=C(F)F)C(F)(F)F)C(=C(F)F)C(F)(F)F.FCC(F)(CF)C(F)C(F)(F)C(F)F.FCCC(F)(F)F.FCCCCOCF.FCF.FCOF.FCOF.FCOF.FF.FF.FF.FF.FF. The van der Waals surface area contributed by atoms with Crippen LogP contribution >= 0.6 is 0 Å². The molecule has 1 atom stereocenters. The summed E-state index contributed by atoms with van der Waals surface area (Å²) < 4.78 is 500. The molecule has 0 saturated heterocycles. The summed E-state index contributed by atoms with van der Waals surface area (Å²) in [5, 5.41) is 0. The lowest BCUT2D eigenvalue weighted by Crippen LogP contribution is -2.53. The van der Waals surface area contributed by atoms with Gasteiger partial charge in [-0.2, -0.15) is 89.5 Å². The molecular weight excluding hydrogens is 1310 g/mol. The number of rotatable bonds is 17. The van der Waals surface area contributed by atoms with Gasteiger partial charge in [-0.1, -0.05) is 0 Å². The molecule has 0 aromatic rings. The highest BCUT2D eigenvalue weighted by atomic mass is 20.0. The van der Waals surface area contributed by atoms with Crippen LogP contribution in [0.1, 0.15) is 19.3 Å². The summed E-state index contributed by atoms with van der Waals surface area (Å²) in [5.41, 5.74) is -17.9. The highest BCUT2D eigenvalue weighted by Crippen LogP contribution is 2.50. The van der Waals surface area contributed by atoms with Gasteiger partial charge < -0.3 is 4.74 Å². The Hall–Kier alpha value is -4.23. The van der Waals surface area contributed by atoms with Gasteiger partial charge in [0.2, 0.25) is 45.0 Å². The van der Waals surface area contributed by atoms with Crippen molar-refractivity contribution in [3.05, 3.63) is 36.0 Å². The molecule has 51 heteroatoms. The quantitative estimate of drug-likeness (QED) is 0.107. The maximum Gasteiger partial charge on any atom is 0.421 e. The average Bonchev–Trinajstić information content (AvgIpc) is 3.40. The van der Waals surface area contributed by atoms with Crippen LogP contribution in [0, 0.1) is 0 Å². The number of unbranched alkanes of at least 4 members (excludes halogenated alkanes) is 1. The third kappa shape index (κ3) is 87.6. The van der Waals surface area contributed by atoms with E-state index in [1.54, 1.807) is 0 Å². The van der Waals surface area contributed by atoms with E-state index in [2.05, 4.69) is 26.1 Å². The highest BCUT2D eigenvalue weighted by Gasteiger charge is 2.63. The normalized spacial score (nSPS) is 10.3. The van der Waals surface area contributed by atoms with E-state index >= 15 is 0 Å². The molecule has 0 N–H and O–H groups in total. The molecule has 0 aromatic carbocycles. The first-order valence-electron chi connectivity index (χ1n) is 16.3. The minimum atomic E-state index is -6.49. The van der Waals surface area contributed by atoms with Gasteiger partial charge in [0, 0.05) is 52.3 Å². The predicted molar refractivity (Wildman–Crippen MR) is 177 cm³/mol. The zero-order valence-electron chi connectivity index (χ0n) is 37.7. The Bertz CT molecular complexity index is 1100. The van der Waals surface area contributed by atoms with Crippen LogP contribution in [0.2, 0.25) is 0 Å². The molecule has 0 aromatic heterocycles. The van der Waals surface area contributed by atoms with Gasteiger partial charge in [0.1, 0.15) is 31.2 Å². The topological polar surface area (TPSA) is 36.9 Å². The van der Waals surface area contributed by atoms with Crippen molar-refractivity contribution in [1.82, 2.24) is 0 Å². The van der Waals surface area contributed by atoms with E-state index < -0.39 is 145 Å². The fourth-order valence-corrected chi connectivity index (χ4v) is 2.31. The van der Waals surface area contributed by atoms with Gasteiger partial charge in [0.15, 0.2) is 6.86 Å². The molecular formula is C29H35F47O4. The third-order valence-electron chi connectivity index (χ3n) is 4.70. The minimum absolute atomic E-state index is 0.334. The summed E-state index contributed by atoms with van der Waals surface area (Å²) in [5.74, 6) is -5.41. The van der Waals surface area contributed by atoms with Crippen LogP contribution in [0.3, 0.4) is 0 Å². The maximum atomic E-state index is 13.5. The molecule has 0 aliphatic heterocycles. The molecule has 1 unspecified atom stereocenters. The van der Waals surface area contributed by atoms with Crippen molar-refractivity contribution in [2.24, 2.45) is 0 Å². The summed E-state index contributed by atoms with van der Waals surface area (Å²) in [4.78, 5) is 7.12. The maximum absolute atomic E-state index is 13.5. The number of ether oxygens (including phenoxy) is 1. The van der Waals surface area contributed by atoms with Gasteiger partial charge in [-0.25, -0.2) is 61.5 Å². The first kappa shape index (κ1) is 115. The molecule has 504 valence electrons. The molecule has 4 nitrogen and oxygen atoms in total. The van der Waals surface area contributed by atoms with Crippen molar-refractivity contribution >= 4 is 0 Å². The fraction of sp³-hybridized carbons (Fsp3) is 0.793. The van der Waals surface area contributed by atoms with E-state index in [1.165, 1.54) is 0 Å². The van der Waals surface area contributed by atoms with Crippen molar-refractivity contribution in [2.75, 3.05) is 81.5 Å². The first-order chi connectivity index (χ1) is 36.8. The van der Waals surface area contributed by atoms with Crippen LogP contribution in [0.5, 0.6) is 0 Å². The van der Waals surface area contributed by atoms with Crippen LogP contribution in [0.25, 0.3) is 0 Å².